The normalized spacial score (nSPS) is 11.6. The summed E-state index contributed by atoms with van der Waals surface area (Å²) in [4.78, 5) is 0.212. The molecule has 0 fully saturated rings. The molecular formula is C26H22N4O3S2. The minimum absolute atomic E-state index is 0.212. The molecule has 0 aliphatic carbocycles. The van der Waals surface area contributed by atoms with E-state index in [9.17, 15) is 8.42 Å². The lowest BCUT2D eigenvalue weighted by molar-refractivity contribution is 0.414. The molecule has 0 amide bonds. The summed E-state index contributed by atoms with van der Waals surface area (Å²) in [5, 5.41) is 10.3. The first-order chi connectivity index (χ1) is 17.0. The van der Waals surface area contributed by atoms with Crippen LogP contribution in [0.4, 0.5) is 0 Å². The summed E-state index contributed by atoms with van der Waals surface area (Å²) in [7, 11) is -2.21. The van der Waals surface area contributed by atoms with Gasteiger partial charge in [0.1, 0.15) is 5.75 Å². The fourth-order valence-electron chi connectivity index (χ4n) is 3.89. The van der Waals surface area contributed by atoms with Crippen LogP contribution in [0.1, 0.15) is 0 Å². The van der Waals surface area contributed by atoms with Crippen LogP contribution < -0.4 is 4.74 Å². The first kappa shape index (κ1) is 22.9. The SMILES string of the molecule is C=CCSc1nnc(-c2cn(S(=O)(=O)c3ccccc3)c3ccccc23)n1-c1cccc(OC)c1. The minimum atomic E-state index is -3.83. The van der Waals surface area contributed by atoms with Crippen LogP contribution in [0.2, 0.25) is 0 Å². The van der Waals surface area contributed by atoms with Gasteiger partial charge in [0.15, 0.2) is 11.0 Å². The first-order valence-electron chi connectivity index (χ1n) is 10.8. The highest BCUT2D eigenvalue weighted by atomic mass is 32.2. The van der Waals surface area contributed by atoms with Crippen LogP contribution in [-0.4, -0.2) is 40.0 Å². The largest absolute Gasteiger partial charge is 0.497 e. The Morgan fingerprint density at radius 2 is 1.77 bits per heavy atom. The van der Waals surface area contributed by atoms with E-state index >= 15 is 0 Å². The van der Waals surface area contributed by atoms with E-state index in [1.54, 1.807) is 55.8 Å². The molecule has 9 heteroatoms. The van der Waals surface area contributed by atoms with Crippen molar-refractivity contribution in [3.63, 3.8) is 0 Å². The Morgan fingerprint density at radius 1 is 1.00 bits per heavy atom. The molecule has 2 aromatic heterocycles. The van der Waals surface area contributed by atoms with E-state index in [0.717, 1.165) is 11.1 Å². The van der Waals surface area contributed by atoms with Gasteiger partial charge in [0, 0.05) is 29.0 Å². The lowest BCUT2D eigenvalue weighted by Crippen LogP contribution is -2.11. The van der Waals surface area contributed by atoms with Gasteiger partial charge < -0.3 is 4.74 Å². The average molecular weight is 503 g/mol. The zero-order valence-electron chi connectivity index (χ0n) is 18.9. The molecule has 5 rings (SSSR count). The molecule has 7 nitrogen and oxygen atoms in total. The van der Waals surface area contributed by atoms with Crippen LogP contribution in [0.3, 0.4) is 0 Å². The monoisotopic (exact) mass is 502 g/mol. The highest BCUT2D eigenvalue weighted by Gasteiger charge is 2.25. The standard InChI is InChI=1S/C26H22N4O3S2/c1-3-16-34-26-28-27-25(30(26)19-10-9-11-20(17-19)33-2)23-18-29(24-15-8-7-14-22(23)24)35(31,32)21-12-5-4-6-13-21/h3-15,17-18H,1,16H2,2H3. The number of hydrogen-bond donors (Lipinski definition) is 0. The fraction of sp³-hybridized carbons (Fsp3) is 0.0769. The maximum absolute atomic E-state index is 13.6. The first-order valence-corrected chi connectivity index (χ1v) is 13.2. The van der Waals surface area contributed by atoms with Crippen molar-refractivity contribution in [2.75, 3.05) is 12.9 Å². The molecule has 2 heterocycles. The number of fused-ring (bicyclic) bond motifs is 1. The maximum atomic E-state index is 13.6. The molecule has 35 heavy (non-hydrogen) atoms. The van der Waals surface area contributed by atoms with Gasteiger partial charge in [-0.1, -0.05) is 60.3 Å². The maximum Gasteiger partial charge on any atom is 0.268 e. The summed E-state index contributed by atoms with van der Waals surface area (Å²) in [5.41, 5.74) is 2.02. The van der Waals surface area contributed by atoms with Gasteiger partial charge >= 0.3 is 0 Å². The number of para-hydroxylation sites is 1. The molecule has 176 valence electrons. The molecular weight excluding hydrogens is 480 g/mol. The van der Waals surface area contributed by atoms with Crippen LogP contribution in [-0.2, 0) is 10.0 Å². The van der Waals surface area contributed by atoms with Crippen LogP contribution in [0.5, 0.6) is 5.75 Å². The number of hydrogen-bond acceptors (Lipinski definition) is 6. The Morgan fingerprint density at radius 3 is 2.54 bits per heavy atom. The van der Waals surface area contributed by atoms with Crippen molar-refractivity contribution in [3.05, 3.63) is 97.7 Å². The van der Waals surface area contributed by atoms with E-state index in [0.29, 0.717) is 33.6 Å². The third kappa shape index (κ3) is 4.13. The van der Waals surface area contributed by atoms with Crippen LogP contribution in [0.25, 0.3) is 28.0 Å². The summed E-state index contributed by atoms with van der Waals surface area (Å²) in [6.45, 7) is 3.80. The van der Waals surface area contributed by atoms with Crippen LogP contribution >= 0.6 is 11.8 Å². The van der Waals surface area contributed by atoms with E-state index in [-0.39, 0.29) is 4.90 Å². The van der Waals surface area contributed by atoms with E-state index in [2.05, 4.69) is 16.8 Å². The molecule has 0 atom stereocenters. The van der Waals surface area contributed by atoms with Crippen LogP contribution in [0, 0.1) is 0 Å². The molecule has 0 N–H and O–H groups in total. The number of nitrogens with zero attached hydrogens (tertiary/aromatic N) is 4. The lowest BCUT2D eigenvalue weighted by atomic mass is 10.1. The summed E-state index contributed by atoms with van der Waals surface area (Å²) in [6.07, 6.45) is 3.42. The Kier molecular flexibility index (Phi) is 6.19. The summed E-state index contributed by atoms with van der Waals surface area (Å²) in [5.74, 6) is 1.87. The second-order valence-corrected chi connectivity index (χ2v) is 10.4. The number of aromatic nitrogens is 4. The zero-order chi connectivity index (χ0) is 24.4. The summed E-state index contributed by atoms with van der Waals surface area (Å²) in [6, 6.07) is 23.4. The average Bonchev–Trinajstić information content (AvgIpc) is 3.50. The number of thioether (sulfide) groups is 1. The molecule has 5 aromatic rings. The lowest BCUT2D eigenvalue weighted by Gasteiger charge is -2.11. The zero-order valence-corrected chi connectivity index (χ0v) is 20.5. The topological polar surface area (TPSA) is 79.0 Å². The number of rotatable bonds is 8. The second kappa shape index (κ2) is 9.44. The molecule has 0 aliphatic heterocycles. The van der Waals surface area contributed by atoms with Crippen molar-refractivity contribution in [1.82, 2.24) is 18.7 Å². The van der Waals surface area contributed by atoms with Crippen molar-refractivity contribution in [2.24, 2.45) is 0 Å². The molecule has 0 aliphatic rings. The third-order valence-electron chi connectivity index (χ3n) is 5.49. The van der Waals surface area contributed by atoms with Gasteiger partial charge in [0.05, 0.1) is 23.2 Å². The molecule has 0 unspecified atom stereocenters. The molecule has 0 radical (unpaired) electrons. The molecule has 0 saturated carbocycles. The van der Waals surface area contributed by atoms with Crippen molar-refractivity contribution in [1.29, 1.82) is 0 Å². The second-order valence-electron chi connectivity index (χ2n) is 7.62. The smallest absolute Gasteiger partial charge is 0.268 e. The highest BCUT2D eigenvalue weighted by Crippen LogP contribution is 2.36. The van der Waals surface area contributed by atoms with Gasteiger partial charge in [-0.15, -0.1) is 16.8 Å². The molecule has 0 bridgehead atoms. The van der Waals surface area contributed by atoms with Crippen molar-refractivity contribution >= 4 is 32.7 Å². The van der Waals surface area contributed by atoms with Gasteiger partial charge in [0.2, 0.25) is 0 Å². The Hall–Kier alpha value is -3.82. The number of ether oxygens (including phenoxy) is 1. The minimum Gasteiger partial charge on any atom is -0.497 e. The van der Waals surface area contributed by atoms with Crippen molar-refractivity contribution in [3.8, 4) is 22.8 Å². The predicted octanol–water partition coefficient (Wildman–Crippen LogP) is 5.41. The van der Waals surface area contributed by atoms with Gasteiger partial charge in [-0.3, -0.25) is 4.57 Å². The van der Waals surface area contributed by atoms with Gasteiger partial charge in [-0.25, -0.2) is 12.4 Å². The third-order valence-corrected chi connectivity index (χ3v) is 8.11. The van der Waals surface area contributed by atoms with E-state index in [1.807, 2.05) is 47.0 Å². The quantitative estimate of drug-likeness (QED) is 0.208. The van der Waals surface area contributed by atoms with E-state index in [4.69, 9.17) is 4.74 Å². The summed E-state index contributed by atoms with van der Waals surface area (Å²) < 4.78 is 35.8. The van der Waals surface area contributed by atoms with Gasteiger partial charge in [-0.2, -0.15) is 0 Å². The van der Waals surface area contributed by atoms with E-state index < -0.39 is 10.0 Å². The molecule has 0 spiro atoms. The Balaban J connectivity index is 1.76. The molecule has 0 saturated heterocycles. The highest BCUT2D eigenvalue weighted by molar-refractivity contribution is 7.99. The number of benzene rings is 3. The van der Waals surface area contributed by atoms with Gasteiger partial charge in [0.25, 0.3) is 10.0 Å². The van der Waals surface area contributed by atoms with Crippen LogP contribution in [0.15, 0.2) is 108 Å². The number of methoxy groups -OCH3 is 1. The van der Waals surface area contributed by atoms with E-state index in [1.165, 1.54) is 15.7 Å². The van der Waals surface area contributed by atoms with Gasteiger partial charge in [-0.05, 0) is 30.3 Å². The fourth-order valence-corrected chi connectivity index (χ4v) is 5.96. The summed E-state index contributed by atoms with van der Waals surface area (Å²) >= 11 is 1.49. The predicted molar refractivity (Wildman–Crippen MR) is 139 cm³/mol. The Bertz CT molecular complexity index is 1620. The Labute approximate surface area is 207 Å². The van der Waals surface area contributed by atoms with Crippen molar-refractivity contribution in [2.45, 2.75) is 10.1 Å². The van der Waals surface area contributed by atoms with Crippen molar-refractivity contribution < 1.29 is 13.2 Å². The molecule has 3 aromatic carbocycles.